The zero-order valence-electron chi connectivity index (χ0n) is 13.0. The second-order valence-corrected chi connectivity index (χ2v) is 7.53. The molecule has 2 amide bonds. The highest BCUT2D eigenvalue weighted by Crippen LogP contribution is 2.34. The Morgan fingerprint density at radius 1 is 1.00 bits per heavy atom. The van der Waals surface area contributed by atoms with Gasteiger partial charge in [-0.25, -0.2) is 4.90 Å². The van der Waals surface area contributed by atoms with Gasteiger partial charge in [0, 0.05) is 15.8 Å². The van der Waals surface area contributed by atoms with E-state index in [1.165, 1.54) is 24.3 Å². The van der Waals surface area contributed by atoms with E-state index in [0.717, 1.165) is 29.2 Å². The lowest BCUT2D eigenvalue weighted by atomic mass is 10.1. The van der Waals surface area contributed by atoms with Crippen LogP contribution in [0.25, 0.3) is 0 Å². The summed E-state index contributed by atoms with van der Waals surface area (Å²) in [6.07, 6.45) is -4.53. The number of anilines is 1. The Kier molecular flexibility index (Phi) is 4.90. The van der Waals surface area contributed by atoms with Gasteiger partial charge in [-0.2, -0.15) is 13.2 Å². The first-order valence-corrected chi connectivity index (χ1v) is 9.11. The third kappa shape index (κ3) is 3.52. The van der Waals surface area contributed by atoms with E-state index in [1.54, 1.807) is 0 Å². The van der Waals surface area contributed by atoms with Crippen LogP contribution >= 0.6 is 11.6 Å². The fourth-order valence-electron chi connectivity index (χ4n) is 2.62. The maximum Gasteiger partial charge on any atom is 0.416 e. The first kappa shape index (κ1) is 18.6. The molecule has 0 aliphatic carbocycles. The fourth-order valence-corrected chi connectivity index (χ4v) is 4.08. The molecule has 0 spiro atoms. The van der Waals surface area contributed by atoms with Crippen molar-refractivity contribution < 1.29 is 27.0 Å². The molecule has 2 aromatic carbocycles. The number of carbonyl (C=O) groups excluding carboxylic acids is 2. The highest BCUT2D eigenvalue weighted by atomic mass is 35.5. The van der Waals surface area contributed by atoms with Crippen molar-refractivity contribution in [1.82, 2.24) is 0 Å². The molecular weight excluding hydrogens is 391 g/mol. The number of halogens is 4. The van der Waals surface area contributed by atoms with E-state index >= 15 is 0 Å². The molecule has 2 aromatic rings. The molecule has 1 saturated heterocycles. The molecule has 1 heterocycles. The predicted octanol–water partition coefficient (Wildman–Crippen LogP) is 3.72. The van der Waals surface area contributed by atoms with Crippen molar-refractivity contribution in [3.05, 3.63) is 64.7 Å². The summed E-state index contributed by atoms with van der Waals surface area (Å²) in [6.45, 7) is 0. The normalized spacial score (nSPS) is 21.2. The smallest absolute Gasteiger partial charge is 0.273 e. The van der Waals surface area contributed by atoms with Crippen LogP contribution in [-0.2, 0) is 26.6 Å². The molecule has 136 valence electrons. The van der Waals surface area contributed by atoms with Crippen LogP contribution in [0.5, 0.6) is 0 Å². The average molecular weight is 402 g/mol. The number of carbonyl (C=O) groups is 2. The van der Waals surface area contributed by atoms with Crippen molar-refractivity contribution in [2.75, 3.05) is 10.7 Å². The summed E-state index contributed by atoms with van der Waals surface area (Å²) >= 11 is 5.81. The SMILES string of the molecule is O=C1C[S@](=O)[C@@H](c2ccc(Cl)cc2)C(=O)N1c1ccc(C(F)(F)F)cc1. The Balaban J connectivity index is 1.96. The van der Waals surface area contributed by atoms with Gasteiger partial charge in [0.15, 0.2) is 0 Å². The van der Waals surface area contributed by atoms with Crippen molar-refractivity contribution in [2.24, 2.45) is 0 Å². The first-order chi connectivity index (χ1) is 12.2. The molecule has 1 fully saturated rings. The van der Waals surface area contributed by atoms with Crippen LogP contribution in [0.4, 0.5) is 18.9 Å². The summed E-state index contributed by atoms with van der Waals surface area (Å²) in [5, 5.41) is -0.661. The number of amides is 2. The molecule has 3 rings (SSSR count). The van der Waals surface area contributed by atoms with Crippen molar-refractivity contribution in [3.63, 3.8) is 0 Å². The first-order valence-electron chi connectivity index (χ1n) is 7.35. The topological polar surface area (TPSA) is 54.5 Å². The zero-order chi connectivity index (χ0) is 19.1. The third-order valence-electron chi connectivity index (χ3n) is 3.85. The standard InChI is InChI=1S/C17H11ClF3NO3S/c18-12-5-1-10(2-6-12)15-16(24)22(14(23)9-26(15)25)13-7-3-11(4-8-13)17(19,20)21/h1-8,15H,9H2/t15-,26-/m0/s1. The summed E-state index contributed by atoms with van der Waals surface area (Å²) < 4.78 is 50.4. The number of alkyl halides is 3. The number of imide groups is 1. The van der Waals surface area contributed by atoms with E-state index in [0.29, 0.717) is 10.6 Å². The number of hydrogen-bond donors (Lipinski definition) is 0. The second-order valence-electron chi connectivity index (χ2n) is 5.57. The molecular formula is C17H11ClF3NO3S. The van der Waals surface area contributed by atoms with Crippen molar-refractivity contribution in [1.29, 1.82) is 0 Å². The Morgan fingerprint density at radius 3 is 2.12 bits per heavy atom. The van der Waals surface area contributed by atoms with Crippen LogP contribution in [0.3, 0.4) is 0 Å². The van der Waals surface area contributed by atoms with Gasteiger partial charge in [0.2, 0.25) is 5.91 Å². The van der Waals surface area contributed by atoms with Crippen LogP contribution in [0, 0.1) is 0 Å². The molecule has 1 aliphatic heterocycles. The van der Waals surface area contributed by atoms with E-state index in [9.17, 15) is 27.0 Å². The van der Waals surface area contributed by atoms with Crippen LogP contribution < -0.4 is 4.90 Å². The number of nitrogens with zero attached hydrogens (tertiary/aromatic N) is 1. The average Bonchev–Trinajstić information content (AvgIpc) is 2.56. The second kappa shape index (κ2) is 6.85. The lowest BCUT2D eigenvalue weighted by Crippen LogP contribution is -2.49. The van der Waals surface area contributed by atoms with E-state index in [1.807, 2.05) is 0 Å². The largest absolute Gasteiger partial charge is 0.416 e. The van der Waals surface area contributed by atoms with E-state index in [2.05, 4.69) is 0 Å². The van der Waals surface area contributed by atoms with Crippen LogP contribution in [-0.4, -0.2) is 21.8 Å². The third-order valence-corrected chi connectivity index (χ3v) is 5.63. The lowest BCUT2D eigenvalue weighted by Gasteiger charge is -2.30. The Bertz CT molecular complexity index is 882. The molecule has 0 bridgehead atoms. The molecule has 4 nitrogen and oxygen atoms in total. The quantitative estimate of drug-likeness (QED) is 0.721. The molecule has 0 saturated carbocycles. The van der Waals surface area contributed by atoms with Gasteiger partial charge in [0.1, 0.15) is 11.0 Å². The summed E-state index contributed by atoms with van der Waals surface area (Å²) in [6, 6.07) is 9.79. The highest BCUT2D eigenvalue weighted by Gasteiger charge is 2.41. The van der Waals surface area contributed by atoms with E-state index < -0.39 is 45.4 Å². The van der Waals surface area contributed by atoms with Gasteiger partial charge in [0.05, 0.1) is 11.3 Å². The molecule has 0 N–H and O–H groups in total. The van der Waals surface area contributed by atoms with Gasteiger partial charge >= 0.3 is 6.18 Å². The molecule has 2 atom stereocenters. The monoisotopic (exact) mass is 401 g/mol. The van der Waals surface area contributed by atoms with Crippen LogP contribution in [0.15, 0.2) is 48.5 Å². The van der Waals surface area contributed by atoms with Crippen molar-refractivity contribution in [2.45, 2.75) is 11.4 Å². The minimum absolute atomic E-state index is 0.00339. The maximum atomic E-state index is 12.8. The minimum atomic E-state index is -4.53. The summed E-state index contributed by atoms with van der Waals surface area (Å²) in [5.41, 5.74) is -0.471. The minimum Gasteiger partial charge on any atom is -0.273 e. The Morgan fingerprint density at radius 2 is 1.58 bits per heavy atom. The van der Waals surface area contributed by atoms with Crippen molar-refractivity contribution >= 4 is 39.9 Å². The van der Waals surface area contributed by atoms with Crippen LogP contribution in [0.1, 0.15) is 16.4 Å². The summed E-state index contributed by atoms with van der Waals surface area (Å²) in [4.78, 5) is 25.7. The number of rotatable bonds is 2. The van der Waals surface area contributed by atoms with E-state index in [-0.39, 0.29) is 5.69 Å². The van der Waals surface area contributed by atoms with Crippen molar-refractivity contribution in [3.8, 4) is 0 Å². The summed E-state index contributed by atoms with van der Waals surface area (Å²) in [7, 11) is -1.77. The van der Waals surface area contributed by atoms with Crippen LogP contribution in [0.2, 0.25) is 5.02 Å². The summed E-state index contributed by atoms with van der Waals surface area (Å²) in [5.74, 6) is -1.87. The van der Waals surface area contributed by atoms with E-state index in [4.69, 9.17) is 11.6 Å². The van der Waals surface area contributed by atoms with Gasteiger partial charge in [-0.1, -0.05) is 23.7 Å². The van der Waals surface area contributed by atoms with Gasteiger partial charge in [0.25, 0.3) is 5.91 Å². The maximum absolute atomic E-state index is 12.8. The highest BCUT2D eigenvalue weighted by molar-refractivity contribution is 7.87. The zero-order valence-corrected chi connectivity index (χ0v) is 14.6. The van der Waals surface area contributed by atoms with Gasteiger partial charge in [-0.15, -0.1) is 0 Å². The molecule has 0 aromatic heterocycles. The number of hydrogen-bond acceptors (Lipinski definition) is 3. The predicted molar refractivity (Wildman–Crippen MR) is 91.1 cm³/mol. The number of benzene rings is 2. The lowest BCUT2D eigenvalue weighted by molar-refractivity contribution is -0.137. The Hall–Kier alpha value is -2.19. The van der Waals surface area contributed by atoms with Gasteiger partial charge < -0.3 is 0 Å². The molecule has 0 unspecified atom stereocenters. The molecule has 1 aliphatic rings. The Labute approximate surface area is 154 Å². The van der Waals surface area contributed by atoms with Gasteiger partial charge in [-0.05, 0) is 42.0 Å². The molecule has 9 heteroatoms. The van der Waals surface area contributed by atoms with Gasteiger partial charge in [-0.3, -0.25) is 13.8 Å². The molecule has 26 heavy (non-hydrogen) atoms. The fraction of sp³-hybridized carbons (Fsp3) is 0.176. The molecule has 0 radical (unpaired) electrons.